The lowest BCUT2D eigenvalue weighted by molar-refractivity contribution is -0.137. The van der Waals surface area contributed by atoms with Crippen molar-refractivity contribution >= 4 is 0 Å². The Balaban J connectivity index is 1.98. The molecule has 0 amide bonds. The summed E-state index contributed by atoms with van der Waals surface area (Å²) >= 11 is 0. The summed E-state index contributed by atoms with van der Waals surface area (Å²) in [7, 11) is 0. The van der Waals surface area contributed by atoms with Gasteiger partial charge in [0.1, 0.15) is 6.79 Å². The molecule has 0 aliphatic carbocycles. The highest BCUT2D eigenvalue weighted by atomic mass is 16.7. The molecular formula is C9H19NO3. The van der Waals surface area contributed by atoms with E-state index in [9.17, 15) is 5.11 Å². The first kappa shape index (κ1) is 10.9. The van der Waals surface area contributed by atoms with Gasteiger partial charge in [-0.15, -0.1) is 0 Å². The van der Waals surface area contributed by atoms with E-state index >= 15 is 0 Å². The van der Waals surface area contributed by atoms with Gasteiger partial charge in [0, 0.05) is 13.1 Å². The van der Waals surface area contributed by atoms with Gasteiger partial charge in [-0.2, -0.15) is 0 Å². The molecule has 1 aliphatic heterocycles. The first-order chi connectivity index (χ1) is 6.33. The lowest BCUT2D eigenvalue weighted by Gasteiger charge is -2.23. The first-order valence-electron chi connectivity index (χ1n) is 4.91. The first-order valence-corrected chi connectivity index (χ1v) is 4.91. The van der Waals surface area contributed by atoms with E-state index < -0.39 is 0 Å². The monoisotopic (exact) mass is 189 g/mol. The van der Waals surface area contributed by atoms with Gasteiger partial charge in [0.15, 0.2) is 0 Å². The van der Waals surface area contributed by atoms with Crippen LogP contribution in [0.2, 0.25) is 0 Å². The molecule has 13 heavy (non-hydrogen) atoms. The van der Waals surface area contributed by atoms with E-state index in [4.69, 9.17) is 9.47 Å². The minimum Gasteiger partial charge on any atom is -0.392 e. The van der Waals surface area contributed by atoms with Gasteiger partial charge in [0.2, 0.25) is 0 Å². The van der Waals surface area contributed by atoms with Gasteiger partial charge in [-0.1, -0.05) is 6.92 Å². The molecule has 1 rings (SSSR count). The standard InChI is InChI=1S/C9H19NO3/c1-2-8(11)5-10-6-9-3-4-12-7-13-9/h8-11H,2-7H2,1H3. The van der Waals surface area contributed by atoms with E-state index in [1.165, 1.54) is 0 Å². The Morgan fingerprint density at radius 1 is 1.62 bits per heavy atom. The molecule has 4 nitrogen and oxygen atoms in total. The number of hydrogen-bond acceptors (Lipinski definition) is 4. The zero-order valence-electron chi connectivity index (χ0n) is 8.16. The molecular weight excluding hydrogens is 170 g/mol. The molecule has 2 atom stereocenters. The van der Waals surface area contributed by atoms with E-state index in [0.717, 1.165) is 26.0 Å². The average molecular weight is 189 g/mol. The Bertz CT molecular complexity index is 126. The third kappa shape index (κ3) is 4.57. The van der Waals surface area contributed by atoms with Crippen LogP contribution >= 0.6 is 0 Å². The number of rotatable bonds is 5. The smallest absolute Gasteiger partial charge is 0.147 e. The quantitative estimate of drug-likeness (QED) is 0.644. The van der Waals surface area contributed by atoms with E-state index in [1.54, 1.807) is 0 Å². The van der Waals surface area contributed by atoms with E-state index in [2.05, 4.69) is 5.32 Å². The Morgan fingerprint density at radius 2 is 2.46 bits per heavy atom. The normalized spacial score (nSPS) is 25.8. The van der Waals surface area contributed by atoms with Crippen LogP contribution < -0.4 is 5.32 Å². The van der Waals surface area contributed by atoms with Crippen molar-refractivity contribution in [3.8, 4) is 0 Å². The van der Waals surface area contributed by atoms with Crippen LogP contribution in [0.15, 0.2) is 0 Å². The summed E-state index contributed by atoms with van der Waals surface area (Å²) in [5.41, 5.74) is 0. The summed E-state index contributed by atoms with van der Waals surface area (Å²) < 4.78 is 10.4. The molecule has 0 aromatic rings. The van der Waals surface area contributed by atoms with Crippen molar-refractivity contribution in [2.45, 2.75) is 32.0 Å². The summed E-state index contributed by atoms with van der Waals surface area (Å²) in [6.07, 6.45) is 1.74. The molecule has 1 fully saturated rings. The average Bonchev–Trinajstić information content (AvgIpc) is 2.19. The van der Waals surface area contributed by atoms with Crippen molar-refractivity contribution in [1.29, 1.82) is 0 Å². The second-order valence-electron chi connectivity index (χ2n) is 3.32. The molecule has 1 aliphatic rings. The van der Waals surface area contributed by atoms with Gasteiger partial charge in [-0.25, -0.2) is 0 Å². The van der Waals surface area contributed by atoms with Gasteiger partial charge in [-0.3, -0.25) is 0 Å². The topological polar surface area (TPSA) is 50.7 Å². The fourth-order valence-corrected chi connectivity index (χ4v) is 1.22. The molecule has 0 radical (unpaired) electrons. The van der Waals surface area contributed by atoms with E-state index in [-0.39, 0.29) is 12.2 Å². The van der Waals surface area contributed by atoms with Crippen molar-refractivity contribution in [2.75, 3.05) is 26.5 Å². The van der Waals surface area contributed by atoms with Crippen LogP contribution in [0.4, 0.5) is 0 Å². The predicted molar refractivity (Wildman–Crippen MR) is 49.5 cm³/mol. The van der Waals surface area contributed by atoms with Crippen LogP contribution in [-0.2, 0) is 9.47 Å². The van der Waals surface area contributed by atoms with Crippen LogP contribution in [0.3, 0.4) is 0 Å². The minimum atomic E-state index is -0.236. The maximum atomic E-state index is 9.26. The fourth-order valence-electron chi connectivity index (χ4n) is 1.22. The third-order valence-corrected chi connectivity index (χ3v) is 2.19. The Hall–Kier alpha value is -0.160. The molecule has 0 bridgehead atoms. The molecule has 0 spiro atoms. The van der Waals surface area contributed by atoms with Gasteiger partial charge in [-0.05, 0) is 12.8 Å². The lowest BCUT2D eigenvalue weighted by Crippen LogP contribution is -2.37. The minimum absolute atomic E-state index is 0.236. The van der Waals surface area contributed by atoms with Crippen LogP contribution in [0, 0.1) is 0 Å². The number of aliphatic hydroxyl groups excluding tert-OH is 1. The van der Waals surface area contributed by atoms with Gasteiger partial charge >= 0.3 is 0 Å². The summed E-state index contributed by atoms with van der Waals surface area (Å²) in [5.74, 6) is 0. The highest BCUT2D eigenvalue weighted by Crippen LogP contribution is 2.04. The molecule has 2 N–H and O–H groups in total. The zero-order chi connectivity index (χ0) is 9.52. The van der Waals surface area contributed by atoms with Crippen molar-refractivity contribution in [3.63, 3.8) is 0 Å². The number of aliphatic hydroxyl groups is 1. The van der Waals surface area contributed by atoms with Crippen LogP contribution in [0.1, 0.15) is 19.8 Å². The number of ether oxygens (including phenoxy) is 2. The van der Waals surface area contributed by atoms with Crippen molar-refractivity contribution in [2.24, 2.45) is 0 Å². The lowest BCUT2D eigenvalue weighted by atomic mass is 10.2. The number of hydrogen-bond donors (Lipinski definition) is 2. The molecule has 78 valence electrons. The molecule has 1 heterocycles. The number of nitrogens with one attached hydrogen (secondary N) is 1. The van der Waals surface area contributed by atoms with Gasteiger partial charge in [0.25, 0.3) is 0 Å². The highest BCUT2D eigenvalue weighted by Gasteiger charge is 2.13. The van der Waals surface area contributed by atoms with Crippen LogP contribution in [0.25, 0.3) is 0 Å². The van der Waals surface area contributed by atoms with Crippen molar-refractivity contribution in [1.82, 2.24) is 5.32 Å². The van der Waals surface area contributed by atoms with Gasteiger partial charge < -0.3 is 19.9 Å². The third-order valence-electron chi connectivity index (χ3n) is 2.19. The summed E-state index contributed by atoms with van der Waals surface area (Å²) in [6.45, 7) is 4.61. The second-order valence-corrected chi connectivity index (χ2v) is 3.32. The maximum Gasteiger partial charge on any atom is 0.147 e. The SMILES string of the molecule is CCC(O)CNCC1CCOCO1. The van der Waals surface area contributed by atoms with Crippen LogP contribution in [0.5, 0.6) is 0 Å². The molecule has 2 unspecified atom stereocenters. The highest BCUT2D eigenvalue weighted by molar-refractivity contribution is 4.65. The molecule has 4 heteroatoms. The fraction of sp³-hybridized carbons (Fsp3) is 1.00. The van der Waals surface area contributed by atoms with E-state index in [0.29, 0.717) is 13.3 Å². The summed E-state index contributed by atoms with van der Waals surface area (Å²) in [4.78, 5) is 0. The predicted octanol–water partition coefficient (Wildman–Crippen LogP) is 0.110. The van der Waals surface area contributed by atoms with E-state index in [1.807, 2.05) is 6.92 Å². The molecule has 0 saturated carbocycles. The maximum absolute atomic E-state index is 9.26. The Labute approximate surface area is 79.2 Å². The second kappa shape index (κ2) is 6.32. The largest absolute Gasteiger partial charge is 0.392 e. The van der Waals surface area contributed by atoms with Crippen molar-refractivity contribution < 1.29 is 14.6 Å². The summed E-state index contributed by atoms with van der Waals surface area (Å²) in [5, 5.41) is 12.4. The van der Waals surface area contributed by atoms with Gasteiger partial charge in [0.05, 0.1) is 18.8 Å². The van der Waals surface area contributed by atoms with Crippen LogP contribution in [-0.4, -0.2) is 43.8 Å². The summed E-state index contributed by atoms with van der Waals surface area (Å²) in [6, 6.07) is 0. The molecule has 0 aromatic heterocycles. The van der Waals surface area contributed by atoms with Crippen molar-refractivity contribution in [3.05, 3.63) is 0 Å². The Kier molecular flexibility index (Phi) is 5.31. The molecule has 0 aromatic carbocycles. The Morgan fingerprint density at radius 3 is 3.08 bits per heavy atom. The molecule has 1 saturated heterocycles. The zero-order valence-corrected chi connectivity index (χ0v) is 8.16.